The molecule has 1 aliphatic carbocycles. The molecule has 25 heavy (non-hydrogen) atoms. The average Bonchev–Trinajstić information content (AvgIpc) is 2.47. The van der Waals surface area contributed by atoms with Crippen LogP contribution >= 0.6 is 24.8 Å². The molecule has 1 aliphatic heterocycles. The molecular formula is C19H39Cl2N3O. The van der Waals surface area contributed by atoms with Crippen LogP contribution in [0.25, 0.3) is 0 Å². The van der Waals surface area contributed by atoms with Gasteiger partial charge in [-0.3, -0.25) is 9.69 Å². The summed E-state index contributed by atoms with van der Waals surface area (Å²) in [6.07, 6.45) is 6.83. The van der Waals surface area contributed by atoms with Crippen molar-refractivity contribution in [2.45, 2.75) is 65.3 Å². The van der Waals surface area contributed by atoms with E-state index < -0.39 is 0 Å². The van der Waals surface area contributed by atoms with Gasteiger partial charge >= 0.3 is 0 Å². The summed E-state index contributed by atoms with van der Waals surface area (Å²) in [5.41, 5.74) is 0.410. The molecule has 150 valence electrons. The number of nitrogens with zero attached hydrogens (tertiary/aromatic N) is 2. The largest absolute Gasteiger partial charge is 0.356 e. The lowest BCUT2D eigenvalue weighted by Crippen LogP contribution is -2.48. The van der Waals surface area contributed by atoms with Crippen LogP contribution in [0.3, 0.4) is 0 Å². The summed E-state index contributed by atoms with van der Waals surface area (Å²) < 4.78 is 0. The number of amides is 1. The van der Waals surface area contributed by atoms with Crippen molar-refractivity contribution >= 4 is 30.7 Å². The summed E-state index contributed by atoms with van der Waals surface area (Å²) in [6.45, 7) is 12.3. The summed E-state index contributed by atoms with van der Waals surface area (Å²) in [6, 6.07) is 0.516. The molecule has 2 rings (SSSR count). The summed E-state index contributed by atoms with van der Waals surface area (Å²) in [5, 5.41) is 3.23. The smallest absolute Gasteiger partial charge is 0.220 e. The van der Waals surface area contributed by atoms with Crippen molar-refractivity contribution in [3.05, 3.63) is 0 Å². The SMILES string of the molecule is CC(C)CC1(CNC(=O)CCC(C)N2CCN(C)CC2)CCC1.Cl.Cl. The Morgan fingerprint density at radius 2 is 1.68 bits per heavy atom. The highest BCUT2D eigenvalue weighted by Crippen LogP contribution is 2.45. The first-order valence-electron chi connectivity index (χ1n) is 9.59. The van der Waals surface area contributed by atoms with E-state index in [1.165, 1.54) is 25.7 Å². The van der Waals surface area contributed by atoms with Crippen LogP contribution in [0.5, 0.6) is 0 Å². The molecule has 1 saturated carbocycles. The van der Waals surface area contributed by atoms with E-state index in [-0.39, 0.29) is 30.7 Å². The third-order valence-corrected chi connectivity index (χ3v) is 5.87. The topological polar surface area (TPSA) is 35.6 Å². The number of carbonyl (C=O) groups excluding carboxylic acids is 1. The number of carbonyl (C=O) groups is 1. The number of halogens is 2. The molecule has 1 heterocycles. The zero-order chi connectivity index (χ0) is 16.9. The first-order chi connectivity index (χ1) is 10.9. The lowest BCUT2D eigenvalue weighted by Gasteiger charge is -2.43. The predicted molar refractivity (Wildman–Crippen MR) is 111 cm³/mol. The van der Waals surface area contributed by atoms with Gasteiger partial charge in [-0.15, -0.1) is 24.8 Å². The molecule has 1 N–H and O–H groups in total. The van der Waals surface area contributed by atoms with Crippen LogP contribution in [0.15, 0.2) is 0 Å². The molecule has 0 aromatic heterocycles. The molecule has 1 atom stereocenters. The van der Waals surface area contributed by atoms with Crippen molar-refractivity contribution in [3.8, 4) is 0 Å². The van der Waals surface area contributed by atoms with Gasteiger partial charge in [0.15, 0.2) is 0 Å². The quantitative estimate of drug-likeness (QED) is 0.681. The Morgan fingerprint density at radius 1 is 1.08 bits per heavy atom. The molecule has 0 spiro atoms. The molecule has 0 aromatic carbocycles. The first kappa shape index (κ1) is 25.0. The molecule has 0 radical (unpaired) electrons. The molecule has 6 heteroatoms. The Morgan fingerprint density at radius 3 is 2.16 bits per heavy atom. The molecule has 4 nitrogen and oxygen atoms in total. The van der Waals surface area contributed by atoms with Gasteiger partial charge in [0.05, 0.1) is 0 Å². The van der Waals surface area contributed by atoms with Crippen LogP contribution in [0.2, 0.25) is 0 Å². The average molecular weight is 396 g/mol. The van der Waals surface area contributed by atoms with E-state index in [0.717, 1.165) is 45.1 Å². The predicted octanol–water partition coefficient (Wildman–Crippen LogP) is 3.58. The van der Waals surface area contributed by atoms with Crippen molar-refractivity contribution in [1.82, 2.24) is 15.1 Å². The minimum atomic E-state index is 0. The highest BCUT2D eigenvalue weighted by atomic mass is 35.5. The maximum absolute atomic E-state index is 12.2. The van der Waals surface area contributed by atoms with Gasteiger partial charge in [0.1, 0.15) is 0 Å². The second kappa shape index (κ2) is 11.6. The van der Waals surface area contributed by atoms with Gasteiger partial charge in [0, 0.05) is 45.2 Å². The van der Waals surface area contributed by atoms with Crippen molar-refractivity contribution in [3.63, 3.8) is 0 Å². The number of hydrogen-bond acceptors (Lipinski definition) is 3. The summed E-state index contributed by atoms with van der Waals surface area (Å²) in [7, 11) is 2.18. The molecule has 0 aromatic rings. The fourth-order valence-electron chi connectivity index (χ4n) is 4.16. The number of likely N-dealkylation sites (N-methyl/N-ethyl adjacent to an activating group) is 1. The maximum atomic E-state index is 12.2. The number of piperazine rings is 1. The fourth-order valence-corrected chi connectivity index (χ4v) is 4.16. The maximum Gasteiger partial charge on any atom is 0.220 e. The second-order valence-corrected chi connectivity index (χ2v) is 8.46. The molecule has 1 saturated heterocycles. The van der Waals surface area contributed by atoms with Crippen molar-refractivity contribution in [2.75, 3.05) is 39.8 Å². The van der Waals surface area contributed by atoms with Crippen LogP contribution < -0.4 is 5.32 Å². The lowest BCUT2D eigenvalue weighted by atomic mass is 9.64. The van der Waals surface area contributed by atoms with E-state index >= 15 is 0 Å². The summed E-state index contributed by atoms with van der Waals surface area (Å²) in [5.74, 6) is 0.977. The highest BCUT2D eigenvalue weighted by molar-refractivity contribution is 5.85. The van der Waals surface area contributed by atoms with E-state index in [9.17, 15) is 4.79 Å². The third kappa shape index (κ3) is 8.03. The normalized spacial score (nSPS) is 21.6. The number of nitrogens with one attached hydrogen (secondary N) is 1. The van der Waals surface area contributed by atoms with Gasteiger partial charge in [0.2, 0.25) is 5.91 Å². The molecule has 2 aliphatic rings. The van der Waals surface area contributed by atoms with Gasteiger partial charge in [-0.1, -0.05) is 20.3 Å². The van der Waals surface area contributed by atoms with Crippen LogP contribution in [0, 0.1) is 11.3 Å². The summed E-state index contributed by atoms with van der Waals surface area (Å²) >= 11 is 0. The molecule has 2 fully saturated rings. The molecule has 0 bridgehead atoms. The molecule has 1 amide bonds. The van der Waals surface area contributed by atoms with Gasteiger partial charge in [0.25, 0.3) is 0 Å². The molecular weight excluding hydrogens is 357 g/mol. The summed E-state index contributed by atoms with van der Waals surface area (Å²) in [4.78, 5) is 17.1. The Labute approximate surface area is 167 Å². The Bertz CT molecular complexity index is 381. The first-order valence-corrected chi connectivity index (χ1v) is 9.59. The van der Waals surface area contributed by atoms with Crippen LogP contribution in [-0.4, -0.2) is 61.5 Å². The lowest BCUT2D eigenvalue weighted by molar-refractivity contribution is -0.122. The minimum absolute atomic E-state index is 0. The number of rotatable bonds is 8. The van der Waals surface area contributed by atoms with Crippen LogP contribution in [0.1, 0.15) is 59.3 Å². The zero-order valence-electron chi connectivity index (χ0n) is 16.6. The second-order valence-electron chi connectivity index (χ2n) is 8.46. The van der Waals surface area contributed by atoms with Gasteiger partial charge in [-0.25, -0.2) is 0 Å². The van der Waals surface area contributed by atoms with E-state index in [0.29, 0.717) is 17.9 Å². The Kier molecular flexibility index (Phi) is 11.6. The Balaban J connectivity index is 0.00000288. The fraction of sp³-hybridized carbons (Fsp3) is 0.947. The van der Waals surface area contributed by atoms with Crippen LogP contribution in [0.4, 0.5) is 0 Å². The third-order valence-electron chi connectivity index (χ3n) is 5.87. The van der Waals surface area contributed by atoms with Gasteiger partial charge in [-0.05, 0) is 51.0 Å². The van der Waals surface area contributed by atoms with E-state index in [1.807, 2.05) is 0 Å². The van der Waals surface area contributed by atoms with Crippen molar-refractivity contribution in [2.24, 2.45) is 11.3 Å². The molecule has 1 unspecified atom stereocenters. The van der Waals surface area contributed by atoms with Gasteiger partial charge < -0.3 is 10.2 Å². The van der Waals surface area contributed by atoms with E-state index in [4.69, 9.17) is 0 Å². The minimum Gasteiger partial charge on any atom is -0.356 e. The van der Waals surface area contributed by atoms with E-state index in [1.54, 1.807) is 0 Å². The Hall–Kier alpha value is -0.0300. The van der Waals surface area contributed by atoms with Crippen molar-refractivity contribution in [1.29, 1.82) is 0 Å². The van der Waals surface area contributed by atoms with Gasteiger partial charge in [-0.2, -0.15) is 0 Å². The van der Waals surface area contributed by atoms with E-state index in [2.05, 4.69) is 42.9 Å². The standard InChI is InChI=1S/C19H37N3O.2ClH/c1-16(2)14-19(8-5-9-19)15-20-18(23)7-6-17(3)22-12-10-21(4)11-13-22;;/h16-17H,5-15H2,1-4H3,(H,20,23);2*1H. The zero-order valence-corrected chi connectivity index (χ0v) is 18.2. The van der Waals surface area contributed by atoms with Crippen LogP contribution in [-0.2, 0) is 4.79 Å². The highest BCUT2D eigenvalue weighted by Gasteiger charge is 2.37. The number of hydrogen-bond donors (Lipinski definition) is 1. The van der Waals surface area contributed by atoms with Crippen molar-refractivity contribution < 1.29 is 4.79 Å². The monoisotopic (exact) mass is 395 g/mol.